The lowest BCUT2D eigenvalue weighted by Gasteiger charge is -2.12. The number of nitrogens with zero attached hydrogens (tertiary/aromatic N) is 1. The van der Waals surface area contributed by atoms with Crippen molar-refractivity contribution in [3.8, 4) is 0 Å². The minimum absolute atomic E-state index is 0.559. The molecule has 4 heteroatoms. The van der Waals surface area contributed by atoms with Crippen LogP contribution in [0.5, 0.6) is 0 Å². The van der Waals surface area contributed by atoms with Gasteiger partial charge in [-0.25, -0.2) is 0 Å². The summed E-state index contributed by atoms with van der Waals surface area (Å²) in [6, 6.07) is 1.88. The molecule has 1 heterocycles. The molecule has 1 atom stereocenters. The molecule has 1 N–H and O–H groups in total. The van der Waals surface area contributed by atoms with Crippen LogP contribution in [0.2, 0.25) is 0 Å². The van der Waals surface area contributed by atoms with Gasteiger partial charge in [0.05, 0.1) is 5.69 Å². The molecule has 0 saturated carbocycles. The number of aliphatic hydroxyl groups excluding tert-OH is 1. The van der Waals surface area contributed by atoms with Crippen molar-refractivity contribution in [3.05, 3.63) is 39.1 Å². The van der Waals surface area contributed by atoms with E-state index >= 15 is 0 Å². The lowest BCUT2D eigenvalue weighted by atomic mass is 10.1. The largest absolute Gasteiger partial charge is 0.386 e. The third-order valence-electron chi connectivity index (χ3n) is 2.13. The molecule has 1 rings (SSSR count). The molecular weight excluding hydrogens is 322 g/mol. The van der Waals surface area contributed by atoms with Gasteiger partial charge in [-0.1, -0.05) is 19.1 Å². The van der Waals surface area contributed by atoms with Crippen molar-refractivity contribution in [2.75, 3.05) is 0 Å². The Morgan fingerprint density at radius 1 is 1.60 bits per heavy atom. The summed E-state index contributed by atoms with van der Waals surface area (Å²) in [5.41, 5.74) is 1.69. The minimum atomic E-state index is -0.583. The van der Waals surface area contributed by atoms with Crippen molar-refractivity contribution in [3.63, 3.8) is 0 Å². The highest BCUT2D eigenvalue weighted by Gasteiger charge is 2.13. The van der Waals surface area contributed by atoms with E-state index in [2.05, 4.69) is 43.4 Å². The first kappa shape index (κ1) is 12.9. The minimum Gasteiger partial charge on any atom is -0.386 e. The van der Waals surface area contributed by atoms with Gasteiger partial charge in [-0.2, -0.15) is 0 Å². The standard InChI is InChI=1S/C11H13Br2NO/c1-3-7(2)4-10(15)11-9(13)5-8(12)6-14-11/h5-6,10,15H,2-4H2,1H3. The summed E-state index contributed by atoms with van der Waals surface area (Å²) in [4.78, 5) is 4.18. The van der Waals surface area contributed by atoms with Crippen LogP contribution in [0, 0.1) is 0 Å². The zero-order valence-electron chi connectivity index (χ0n) is 8.50. The highest BCUT2D eigenvalue weighted by atomic mass is 79.9. The molecule has 0 fully saturated rings. The third-order valence-corrected chi connectivity index (χ3v) is 3.20. The SMILES string of the molecule is C=C(CC)CC(O)c1ncc(Br)cc1Br. The molecule has 1 aromatic heterocycles. The summed E-state index contributed by atoms with van der Waals surface area (Å²) in [5, 5.41) is 9.93. The maximum atomic E-state index is 9.93. The van der Waals surface area contributed by atoms with Crippen molar-refractivity contribution in [1.29, 1.82) is 0 Å². The predicted octanol–water partition coefficient (Wildman–Crippen LogP) is 4.00. The van der Waals surface area contributed by atoms with E-state index in [1.807, 2.05) is 13.0 Å². The van der Waals surface area contributed by atoms with E-state index in [0.717, 1.165) is 20.9 Å². The second kappa shape index (κ2) is 5.77. The van der Waals surface area contributed by atoms with Crippen LogP contribution in [-0.4, -0.2) is 10.1 Å². The first-order chi connectivity index (χ1) is 7.04. The average molecular weight is 335 g/mol. The van der Waals surface area contributed by atoms with Crippen LogP contribution in [0.4, 0.5) is 0 Å². The Bertz CT molecular complexity index is 366. The van der Waals surface area contributed by atoms with Crippen molar-refractivity contribution in [2.45, 2.75) is 25.9 Å². The Morgan fingerprint density at radius 2 is 2.27 bits per heavy atom. The maximum Gasteiger partial charge on any atom is 0.101 e. The fraction of sp³-hybridized carbons (Fsp3) is 0.364. The Morgan fingerprint density at radius 3 is 2.80 bits per heavy atom. The zero-order valence-corrected chi connectivity index (χ0v) is 11.7. The van der Waals surface area contributed by atoms with E-state index in [9.17, 15) is 5.11 Å². The Hall–Kier alpha value is -0.190. The van der Waals surface area contributed by atoms with Gasteiger partial charge in [-0.05, 0) is 50.8 Å². The van der Waals surface area contributed by atoms with E-state index in [-0.39, 0.29) is 0 Å². The van der Waals surface area contributed by atoms with Gasteiger partial charge in [0.1, 0.15) is 6.10 Å². The molecule has 0 aliphatic heterocycles. The Balaban J connectivity index is 2.82. The fourth-order valence-corrected chi connectivity index (χ4v) is 2.44. The van der Waals surface area contributed by atoms with Crippen molar-refractivity contribution < 1.29 is 5.11 Å². The summed E-state index contributed by atoms with van der Waals surface area (Å²) in [6.07, 6.45) is 2.53. The van der Waals surface area contributed by atoms with Gasteiger partial charge < -0.3 is 5.11 Å². The van der Waals surface area contributed by atoms with Crippen LogP contribution >= 0.6 is 31.9 Å². The molecular formula is C11H13Br2NO. The first-order valence-electron chi connectivity index (χ1n) is 4.70. The van der Waals surface area contributed by atoms with Gasteiger partial charge in [-0.15, -0.1) is 0 Å². The topological polar surface area (TPSA) is 33.1 Å². The first-order valence-corrected chi connectivity index (χ1v) is 6.28. The van der Waals surface area contributed by atoms with Crippen LogP contribution in [-0.2, 0) is 0 Å². The summed E-state index contributed by atoms with van der Waals surface area (Å²) < 4.78 is 1.70. The third kappa shape index (κ3) is 3.70. The van der Waals surface area contributed by atoms with E-state index in [4.69, 9.17) is 0 Å². The zero-order chi connectivity index (χ0) is 11.4. The van der Waals surface area contributed by atoms with E-state index in [1.54, 1.807) is 6.20 Å². The molecule has 0 amide bonds. The predicted molar refractivity (Wildman–Crippen MR) is 68.6 cm³/mol. The van der Waals surface area contributed by atoms with Gasteiger partial charge in [0.25, 0.3) is 0 Å². The summed E-state index contributed by atoms with van der Waals surface area (Å²) in [6.45, 7) is 5.90. The normalized spacial score (nSPS) is 12.5. The number of hydrogen-bond donors (Lipinski definition) is 1. The molecule has 0 aliphatic rings. The molecule has 0 spiro atoms. The van der Waals surface area contributed by atoms with Gasteiger partial charge in [0.15, 0.2) is 0 Å². The maximum absolute atomic E-state index is 9.93. The molecule has 15 heavy (non-hydrogen) atoms. The molecule has 0 radical (unpaired) electrons. The number of aromatic nitrogens is 1. The number of halogens is 2. The summed E-state index contributed by atoms with van der Waals surface area (Å²) in [7, 11) is 0. The number of rotatable bonds is 4. The van der Waals surface area contributed by atoms with Gasteiger partial charge in [-0.3, -0.25) is 4.98 Å². The van der Waals surface area contributed by atoms with Crippen LogP contribution in [0.3, 0.4) is 0 Å². The van der Waals surface area contributed by atoms with Crippen LogP contribution < -0.4 is 0 Å². The monoisotopic (exact) mass is 333 g/mol. The molecule has 0 saturated heterocycles. The average Bonchev–Trinajstić information content (AvgIpc) is 2.17. The lowest BCUT2D eigenvalue weighted by molar-refractivity contribution is 0.172. The number of aliphatic hydroxyl groups is 1. The van der Waals surface area contributed by atoms with E-state index in [1.165, 1.54) is 0 Å². The number of pyridine rings is 1. The molecule has 0 aromatic carbocycles. The fourth-order valence-electron chi connectivity index (χ4n) is 1.18. The highest BCUT2D eigenvalue weighted by Crippen LogP contribution is 2.28. The molecule has 1 unspecified atom stereocenters. The quantitative estimate of drug-likeness (QED) is 0.844. The molecule has 0 bridgehead atoms. The molecule has 1 aromatic rings. The van der Waals surface area contributed by atoms with Crippen molar-refractivity contribution in [1.82, 2.24) is 4.98 Å². The van der Waals surface area contributed by atoms with Crippen LogP contribution in [0.15, 0.2) is 33.4 Å². The highest BCUT2D eigenvalue weighted by molar-refractivity contribution is 9.11. The van der Waals surface area contributed by atoms with E-state index < -0.39 is 6.10 Å². The van der Waals surface area contributed by atoms with Gasteiger partial charge >= 0.3 is 0 Å². The van der Waals surface area contributed by atoms with Crippen molar-refractivity contribution >= 4 is 31.9 Å². The lowest BCUT2D eigenvalue weighted by Crippen LogP contribution is -2.02. The molecule has 82 valence electrons. The van der Waals surface area contributed by atoms with Gasteiger partial charge in [0.2, 0.25) is 0 Å². The molecule has 0 aliphatic carbocycles. The Labute approximate surface area is 107 Å². The summed E-state index contributed by atoms with van der Waals surface area (Å²) >= 11 is 6.70. The second-order valence-electron chi connectivity index (χ2n) is 3.34. The van der Waals surface area contributed by atoms with E-state index in [0.29, 0.717) is 12.1 Å². The van der Waals surface area contributed by atoms with Crippen LogP contribution in [0.25, 0.3) is 0 Å². The Kier molecular flexibility index (Phi) is 4.96. The smallest absolute Gasteiger partial charge is 0.101 e. The number of hydrogen-bond acceptors (Lipinski definition) is 2. The van der Waals surface area contributed by atoms with Gasteiger partial charge in [0, 0.05) is 15.1 Å². The second-order valence-corrected chi connectivity index (χ2v) is 5.11. The van der Waals surface area contributed by atoms with Crippen molar-refractivity contribution in [2.24, 2.45) is 0 Å². The molecule has 2 nitrogen and oxygen atoms in total. The van der Waals surface area contributed by atoms with Crippen LogP contribution in [0.1, 0.15) is 31.6 Å². The summed E-state index contributed by atoms with van der Waals surface area (Å²) in [5.74, 6) is 0.